The lowest BCUT2D eigenvalue weighted by atomic mass is 9.88. The minimum Gasteiger partial charge on any atom is -0.497 e. The summed E-state index contributed by atoms with van der Waals surface area (Å²) in [6.07, 6.45) is 4.10. The van der Waals surface area contributed by atoms with E-state index in [9.17, 15) is 4.79 Å². The highest BCUT2D eigenvalue weighted by atomic mass is 35.5. The number of ether oxygens (including phenoxy) is 1. The van der Waals surface area contributed by atoms with Gasteiger partial charge >= 0.3 is 0 Å². The predicted molar refractivity (Wildman–Crippen MR) is 109 cm³/mol. The molecule has 1 unspecified atom stereocenters. The molecule has 6 heteroatoms. The number of nitrogens with one attached hydrogen (secondary N) is 1. The Morgan fingerprint density at radius 2 is 2.07 bits per heavy atom. The van der Waals surface area contributed by atoms with Crippen LogP contribution in [0.15, 0.2) is 65.3 Å². The van der Waals surface area contributed by atoms with Gasteiger partial charge in [0.05, 0.1) is 18.8 Å². The summed E-state index contributed by atoms with van der Waals surface area (Å²) in [4.78, 5) is 17.3. The Hall–Kier alpha value is -2.79. The summed E-state index contributed by atoms with van der Waals surface area (Å²) >= 11 is 5.98. The molecule has 0 aromatic heterocycles. The molecule has 0 aliphatic heterocycles. The number of aliphatic imine (C=N–C) groups is 1. The van der Waals surface area contributed by atoms with E-state index in [1.807, 2.05) is 24.3 Å². The van der Waals surface area contributed by atoms with Crippen molar-refractivity contribution in [1.82, 2.24) is 5.32 Å². The van der Waals surface area contributed by atoms with Gasteiger partial charge in [0.15, 0.2) is 0 Å². The van der Waals surface area contributed by atoms with Crippen LogP contribution in [-0.2, 0) is 0 Å². The minimum absolute atomic E-state index is 0.174. The van der Waals surface area contributed by atoms with Crippen molar-refractivity contribution in [2.45, 2.75) is 25.3 Å². The summed E-state index contributed by atoms with van der Waals surface area (Å²) in [7, 11) is 1.63. The zero-order valence-corrected chi connectivity index (χ0v) is 15.9. The van der Waals surface area contributed by atoms with Crippen LogP contribution in [0.1, 0.15) is 29.6 Å². The third-order valence-corrected chi connectivity index (χ3v) is 4.76. The summed E-state index contributed by atoms with van der Waals surface area (Å²) in [6.45, 7) is 0. The number of hydrogen-bond acceptors (Lipinski definition) is 4. The third kappa shape index (κ3) is 4.68. The Labute approximate surface area is 163 Å². The first-order valence-electron chi connectivity index (χ1n) is 8.81. The van der Waals surface area contributed by atoms with Gasteiger partial charge in [-0.05, 0) is 61.7 Å². The van der Waals surface area contributed by atoms with E-state index in [0.717, 1.165) is 42.0 Å². The number of hydrogen-bond donors (Lipinski definition) is 2. The van der Waals surface area contributed by atoms with E-state index in [1.54, 1.807) is 37.6 Å². The van der Waals surface area contributed by atoms with Gasteiger partial charge in [0.1, 0.15) is 5.75 Å². The maximum absolute atomic E-state index is 12.6. The molecule has 0 saturated heterocycles. The van der Waals surface area contributed by atoms with Crippen molar-refractivity contribution in [2.75, 3.05) is 7.11 Å². The lowest BCUT2D eigenvalue weighted by Gasteiger charge is -2.27. The molecule has 1 aliphatic rings. The van der Waals surface area contributed by atoms with Gasteiger partial charge in [-0.25, -0.2) is 0 Å². The average Bonchev–Trinajstić information content (AvgIpc) is 2.69. The number of halogens is 1. The van der Waals surface area contributed by atoms with Crippen LogP contribution in [0.2, 0.25) is 5.02 Å². The molecule has 2 aromatic carbocycles. The van der Waals surface area contributed by atoms with Crippen LogP contribution in [0.5, 0.6) is 5.75 Å². The minimum atomic E-state index is -0.174. The Balaban J connectivity index is 1.78. The molecule has 5 nitrogen and oxygen atoms in total. The number of nitrogens with two attached hydrogens (primary N) is 1. The molecule has 1 atom stereocenters. The average molecular weight is 384 g/mol. The molecule has 1 saturated carbocycles. The van der Waals surface area contributed by atoms with E-state index >= 15 is 0 Å². The van der Waals surface area contributed by atoms with Gasteiger partial charge in [-0.3, -0.25) is 9.79 Å². The molecule has 1 aliphatic carbocycles. The van der Waals surface area contributed by atoms with Crippen LogP contribution in [0.4, 0.5) is 5.69 Å². The van der Waals surface area contributed by atoms with Crippen LogP contribution < -0.4 is 15.8 Å². The van der Waals surface area contributed by atoms with E-state index in [2.05, 4.69) is 5.32 Å². The fourth-order valence-electron chi connectivity index (χ4n) is 3.14. The maximum atomic E-state index is 12.6. The predicted octanol–water partition coefficient (Wildman–Crippen LogP) is 4.25. The molecule has 3 N–H and O–H groups in total. The van der Waals surface area contributed by atoms with Gasteiger partial charge in [-0.15, -0.1) is 0 Å². The Kier molecular flexibility index (Phi) is 6.14. The molecule has 2 aromatic rings. The zero-order valence-electron chi connectivity index (χ0n) is 15.1. The van der Waals surface area contributed by atoms with Crippen molar-refractivity contribution in [3.63, 3.8) is 0 Å². The SMILES string of the molecule is COc1ccc(N=C2CCCC(NC(=O)c3cccc(Cl)c3)/C2=C/N)cc1. The highest BCUT2D eigenvalue weighted by molar-refractivity contribution is 6.31. The second-order valence-corrected chi connectivity index (χ2v) is 6.74. The van der Waals surface area contributed by atoms with E-state index in [0.29, 0.717) is 10.6 Å². The summed E-state index contributed by atoms with van der Waals surface area (Å²) in [6, 6.07) is 14.2. The van der Waals surface area contributed by atoms with E-state index in [1.165, 1.54) is 0 Å². The number of methoxy groups -OCH3 is 1. The third-order valence-electron chi connectivity index (χ3n) is 4.52. The highest BCUT2D eigenvalue weighted by Gasteiger charge is 2.26. The first-order chi connectivity index (χ1) is 13.1. The molecule has 140 valence electrons. The molecular weight excluding hydrogens is 362 g/mol. The van der Waals surface area contributed by atoms with Crippen molar-refractivity contribution < 1.29 is 9.53 Å². The van der Waals surface area contributed by atoms with E-state index < -0.39 is 0 Å². The molecule has 3 rings (SSSR count). The summed E-state index contributed by atoms with van der Waals surface area (Å²) < 4.78 is 5.18. The highest BCUT2D eigenvalue weighted by Crippen LogP contribution is 2.26. The second-order valence-electron chi connectivity index (χ2n) is 6.31. The van der Waals surface area contributed by atoms with Crippen molar-refractivity contribution in [2.24, 2.45) is 10.7 Å². The van der Waals surface area contributed by atoms with E-state index in [4.69, 9.17) is 27.1 Å². The van der Waals surface area contributed by atoms with Crippen LogP contribution >= 0.6 is 11.6 Å². The number of carbonyl (C=O) groups excluding carboxylic acids is 1. The van der Waals surface area contributed by atoms with Crippen molar-refractivity contribution in [3.8, 4) is 5.75 Å². The van der Waals surface area contributed by atoms with Crippen molar-refractivity contribution in [3.05, 3.63) is 70.9 Å². The first kappa shape index (κ1) is 19.0. The smallest absolute Gasteiger partial charge is 0.251 e. The molecule has 27 heavy (non-hydrogen) atoms. The quantitative estimate of drug-likeness (QED) is 0.828. The van der Waals surface area contributed by atoms with Gasteiger partial charge in [-0.1, -0.05) is 17.7 Å². The maximum Gasteiger partial charge on any atom is 0.251 e. The number of carbonyl (C=O) groups is 1. The zero-order chi connectivity index (χ0) is 19.2. The number of benzene rings is 2. The van der Waals surface area contributed by atoms with Gasteiger partial charge in [0.2, 0.25) is 0 Å². The lowest BCUT2D eigenvalue weighted by molar-refractivity contribution is 0.0941. The van der Waals surface area contributed by atoms with Gasteiger partial charge < -0.3 is 15.8 Å². The summed E-state index contributed by atoms with van der Waals surface area (Å²) in [5.74, 6) is 0.608. The number of amides is 1. The van der Waals surface area contributed by atoms with Gasteiger partial charge in [0, 0.05) is 28.1 Å². The molecular formula is C21H22ClN3O2. The Morgan fingerprint density at radius 3 is 2.74 bits per heavy atom. The second kappa shape index (κ2) is 8.73. The van der Waals surface area contributed by atoms with Gasteiger partial charge in [0.25, 0.3) is 5.91 Å². The van der Waals surface area contributed by atoms with Crippen LogP contribution in [0.3, 0.4) is 0 Å². The fraction of sp³-hybridized carbons (Fsp3) is 0.238. The Morgan fingerprint density at radius 1 is 1.30 bits per heavy atom. The van der Waals surface area contributed by atoms with Crippen molar-refractivity contribution in [1.29, 1.82) is 0 Å². The Bertz CT molecular complexity index is 875. The van der Waals surface area contributed by atoms with Crippen molar-refractivity contribution >= 4 is 28.9 Å². The first-order valence-corrected chi connectivity index (χ1v) is 9.18. The lowest BCUT2D eigenvalue weighted by Crippen LogP contribution is -2.41. The summed E-state index contributed by atoms with van der Waals surface area (Å²) in [5.41, 5.74) is 8.99. The normalized spacial score (nSPS) is 19.9. The molecule has 0 radical (unpaired) electrons. The van der Waals surface area contributed by atoms with Gasteiger partial charge in [-0.2, -0.15) is 0 Å². The molecule has 0 heterocycles. The fourth-order valence-corrected chi connectivity index (χ4v) is 3.33. The summed E-state index contributed by atoms with van der Waals surface area (Å²) in [5, 5.41) is 3.58. The van der Waals surface area contributed by atoms with Crippen LogP contribution in [-0.4, -0.2) is 24.8 Å². The topological polar surface area (TPSA) is 76.7 Å². The molecule has 0 bridgehead atoms. The molecule has 1 amide bonds. The largest absolute Gasteiger partial charge is 0.497 e. The molecule has 0 spiro atoms. The van der Waals surface area contributed by atoms with Crippen LogP contribution in [0, 0.1) is 0 Å². The number of nitrogens with zero attached hydrogens (tertiary/aromatic N) is 1. The van der Waals surface area contributed by atoms with E-state index in [-0.39, 0.29) is 11.9 Å². The number of rotatable bonds is 4. The monoisotopic (exact) mass is 383 g/mol. The van der Waals surface area contributed by atoms with Crippen LogP contribution in [0.25, 0.3) is 0 Å². The molecule has 1 fully saturated rings. The standard InChI is InChI=1S/C21H22ClN3O2/c1-27-17-10-8-16(9-11-17)24-19-6-3-7-20(18(19)13-23)25-21(26)14-4-2-5-15(22)12-14/h2,4-5,8-13,20H,3,6-7,23H2,1H3,(H,25,26)/b18-13+,24-19?.